The van der Waals surface area contributed by atoms with Crippen LogP contribution in [0, 0.1) is 0 Å². The number of aliphatic carboxylic acids is 2. The van der Waals surface area contributed by atoms with Gasteiger partial charge >= 0.3 is 11.9 Å². The number of carbonyl (C=O) groups is 2. The SMILES string of the molecule is CC(C)(c1ccc(O)cc1)c1ccc(C2=C(c3ccc(C(C)(C)c4ccc(O)cc4)cc3)C(C(=O)O)(c3ccc(C(C)(C)c4ccc(O)cc4)cc3)C(c3ccc(C(C)(C)c4ccc(O)cc4)cc3)(c3ccc(C(C)(C)c4ccc(O)cc4)cc3)C(c3ccc(C(C)(C)c4ccc(O)cc4)cc3)=C2C(=O)O)cc1. The number of rotatable bonds is 20. The molecule has 0 radical (unpaired) electrons. The maximum atomic E-state index is 17.5. The van der Waals surface area contributed by atoms with Gasteiger partial charge in [-0.3, -0.25) is 4.79 Å². The quantitative estimate of drug-likeness (QED) is 0.0364. The topological polar surface area (TPSA) is 196 Å². The second kappa shape index (κ2) is 27.6. The minimum absolute atomic E-state index is 0.110. The average Bonchev–Trinajstić information content (AvgIpc) is 0.656. The number of allylic oxidation sites excluding steroid dienone is 1. The first-order valence-electron chi connectivity index (χ1n) is 36.6. The van der Waals surface area contributed by atoms with Crippen LogP contribution < -0.4 is 0 Å². The molecule has 1 aliphatic rings. The summed E-state index contributed by atoms with van der Waals surface area (Å²) in [5.41, 5.74) is 4.62. The lowest BCUT2D eigenvalue weighted by molar-refractivity contribution is -0.143. The van der Waals surface area contributed by atoms with Gasteiger partial charge in [0, 0.05) is 38.1 Å². The number of aromatic hydroxyl groups is 6. The van der Waals surface area contributed by atoms with Gasteiger partial charge in [-0.05, 0) is 184 Å². The molecule has 0 aliphatic heterocycles. The van der Waals surface area contributed by atoms with Crippen LogP contribution >= 0.6 is 0 Å². The third-order valence-corrected chi connectivity index (χ3v) is 23.9. The van der Waals surface area contributed by atoms with Gasteiger partial charge in [0.2, 0.25) is 0 Å². The van der Waals surface area contributed by atoms with Crippen LogP contribution in [-0.2, 0) is 52.9 Å². The number of carboxylic acid groups (broad SMARTS) is 2. The molecule has 10 heteroatoms. The molecule has 0 aromatic heterocycles. The van der Waals surface area contributed by atoms with Crippen LogP contribution in [0.2, 0.25) is 0 Å². The van der Waals surface area contributed by atoms with E-state index in [0.29, 0.717) is 33.4 Å². The predicted molar refractivity (Wildman–Crippen MR) is 432 cm³/mol. The third kappa shape index (κ3) is 12.7. The van der Waals surface area contributed by atoms with Crippen molar-refractivity contribution in [3.05, 3.63) is 397 Å². The van der Waals surface area contributed by atoms with E-state index in [4.69, 9.17) is 0 Å². The van der Waals surface area contributed by atoms with Crippen LogP contribution in [0.5, 0.6) is 34.5 Å². The van der Waals surface area contributed by atoms with Crippen molar-refractivity contribution in [3.63, 3.8) is 0 Å². The van der Waals surface area contributed by atoms with Crippen molar-refractivity contribution in [1.82, 2.24) is 0 Å². The number of carboxylic acids is 2. The minimum Gasteiger partial charge on any atom is -0.508 e. The minimum atomic E-state index is -2.43. The van der Waals surface area contributed by atoms with Crippen LogP contribution in [-0.4, -0.2) is 52.8 Å². The lowest BCUT2D eigenvalue weighted by atomic mass is 9.43. The number of benzene rings is 12. The summed E-state index contributed by atoms with van der Waals surface area (Å²) in [7, 11) is 0. The molecular formula is C98H92O10. The lowest BCUT2D eigenvalue weighted by Crippen LogP contribution is -2.59. The summed E-state index contributed by atoms with van der Waals surface area (Å²) >= 11 is 0. The molecule has 12 aromatic rings. The molecule has 0 fully saturated rings. The van der Waals surface area contributed by atoms with Crippen molar-refractivity contribution < 1.29 is 50.4 Å². The molecule has 0 spiro atoms. The molecule has 10 nitrogen and oxygen atoms in total. The summed E-state index contributed by atoms with van der Waals surface area (Å²) in [6.07, 6.45) is 0. The Morgan fingerprint density at radius 1 is 0.231 bits per heavy atom. The lowest BCUT2D eigenvalue weighted by Gasteiger charge is -2.55. The summed E-state index contributed by atoms with van der Waals surface area (Å²) in [5, 5.41) is 90.9. The van der Waals surface area contributed by atoms with Crippen LogP contribution in [0.15, 0.2) is 297 Å². The van der Waals surface area contributed by atoms with E-state index in [2.05, 4.69) is 83.1 Å². The fraction of sp³-hybridized carbons (Fsp3) is 0.204. The second-order valence-electron chi connectivity index (χ2n) is 32.1. The van der Waals surface area contributed by atoms with E-state index < -0.39 is 55.3 Å². The molecular weight excluding hydrogens is 1340 g/mol. The van der Waals surface area contributed by atoms with Gasteiger partial charge in [-0.25, -0.2) is 4.79 Å². The highest BCUT2D eigenvalue weighted by atomic mass is 16.4. The second-order valence-corrected chi connectivity index (χ2v) is 32.1. The van der Waals surface area contributed by atoms with E-state index in [0.717, 1.165) is 66.8 Å². The summed E-state index contributed by atoms with van der Waals surface area (Å²) in [4.78, 5) is 33.8. The molecule has 0 saturated carbocycles. The normalized spacial score (nSPS) is 15.1. The predicted octanol–water partition coefficient (Wildman–Crippen LogP) is 21.3. The fourth-order valence-electron chi connectivity index (χ4n) is 16.7. The largest absolute Gasteiger partial charge is 0.508 e. The van der Waals surface area contributed by atoms with E-state index in [1.807, 2.05) is 218 Å². The van der Waals surface area contributed by atoms with Gasteiger partial charge in [-0.2, -0.15) is 0 Å². The highest BCUT2D eigenvalue weighted by Gasteiger charge is 2.68. The number of hydrogen-bond donors (Lipinski definition) is 8. The molecule has 1 aliphatic carbocycles. The van der Waals surface area contributed by atoms with Crippen molar-refractivity contribution >= 4 is 28.7 Å². The monoisotopic (exact) mass is 1430 g/mol. The summed E-state index contributed by atoms with van der Waals surface area (Å²) in [5.74, 6) is -1.93. The Morgan fingerprint density at radius 2 is 0.407 bits per heavy atom. The molecule has 13 rings (SSSR count). The van der Waals surface area contributed by atoms with E-state index in [9.17, 15) is 40.9 Å². The molecule has 0 bridgehead atoms. The van der Waals surface area contributed by atoms with Crippen molar-refractivity contribution in [1.29, 1.82) is 0 Å². The van der Waals surface area contributed by atoms with Gasteiger partial charge in [0.05, 0.1) is 11.0 Å². The molecule has 108 heavy (non-hydrogen) atoms. The smallest absolute Gasteiger partial charge is 0.336 e. The number of phenols is 6. The standard InChI is InChI=1S/C98H92O10/c1-91(2,70-37-49-79(99)50-38-70)64-19-13-61(14-20-64)85-86(89(105)106)88(63-17-23-66(24-18-63)93(5,6)72-41-53-81(101)54-42-72)97(76-31-25-67(26-32-76)94(7,8)73-43-55-82(102)56-44-73,77-33-27-68(28-34-77)95(9,10)74-45-57-83(103)58-46-74)98(90(107)108,78-35-29-69(30-36-78)96(11,12)75-47-59-84(104)60-48-75)87(85)62-15-21-65(22-16-62)92(3,4)71-39-51-80(100)52-40-71/h13-60,99-104H,1-12H3,(H,105,106)(H,107,108). The van der Waals surface area contributed by atoms with Crippen molar-refractivity contribution in [3.8, 4) is 34.5 Å². The Bertz CT molecular complexity index is 5270. The average molecular weight is 1430 g/mol. The maximum Gasteiger partial charge on any atom is 0.336 e. The van der Waals surface area contributed by atoms with Gasteiger partial charge in [0.1, 0.15) is 39.9 Å². The van der Waals surface area contributed by atoms with Gasteiger partial charge in [-0.1, -0.05) is 301 Å². The molecule has 12 aromatic carbocycles. The van der Waals surface area contributed by atoms with E-state index >= 15 is 9.59 Å². The molecule has 1 atom stereocenters. The zero-order valence-electron chi connectivity index (χ0n) is 63.1. The zero-order valence-corrected chi connectivity index (χ0v) is 63.1. The molecule has 0 amide bonds. The molecule has 8 N–H and O–H groups in total. The molecule has 0 saturated heterocycles. The third-order valence-electron chi connectivity index (χ3n) is 23.9. The van der Waals surface area contributed by atoms with Crippen LogP contribution in [0.4, 0.5) is 0 Å². The maximum absolute atomic E-state index is 17.5. The van der Waals surface area contributed by atoms with Crippen molar-refractivity contribution in [2.75, 3.05) is 0 Å². The molecule has 0 heterocycles. The van der Waals surface area contributed by atoms with Gasteiger partial charge in [0.25, 0.3) is 0 Å². The van der Waals surface area contributed by atoms with Crippen LogP contribution in [0.1, 0.15) is 183 Å². The van der Waals surface area contributed by atoms with Crippen molar-refractivity contribution in [2.45, 2.75) is 126 Å². The summed E-state index contributed by atoms with van der Waals surface area (Å²) in [6, 6.07) is 89.6. The molecule has 1 unspecified atom stereocenters. The van der Waals surface area contributed by atoms with Crippen LogP contribution in [0.3, 0.4) is 0 Å². The number of hydrogen-bond acceptors (Lipinski definition) is 8. The van der Waals surface area contributed by atoms with Gasteiger partial charge in [-0.15, -0.1) is 0 Å². The Labute approximate surface area is 633 Å². The van der Waals surface area contributed by atoms with E-state index in [1.165, 1.54) is 0 Å². The summed E-state index contributed by atoms with van der Waals surface area (Å²) in [6.45, 7) is 25.0. The zero-order chi connectivity index (χ0) is 77.3. The van der Waals surface area contributed by atoms with Gasteiger partial charge < -0.3 is 40.9 Å². The highest BCUT2D eigenvalue weighted by molar-refractivity contribution is 6.27. The fourth-order valence-corrected chi connectivity index (χ4v) is 16.7. The first-order valence-corrected chi connectivity index (χ1v) is 36.6. The first-order chi connectivity index (χ1) is 51.1. The first kappa shape index (κ1) is 74.1. The van der Waals surface area contributed by atoms with E-state index in [-0.39, 0.29) is 56.8 Å². The Hall–Kier alpha value is -12.1. The highest BCUT2D eigenvalue weighted by Crippen LogP contribution is 2.68. The Kier molecular flexibility index (Phi) is 19.0. The van der Waals surface area contributed by atoms with Crippen LogP contribution in [0.25, 0.3) is 16.7 Å². The number of phenolic OH excluding ortho intramolecular Hbond substituents is 6. The Balaban J connectivity index is 1.24. The molecule has 544 valence electrons. The summed E-state index contributed by atoms with van der Waals surface area (Å²) < 4.78 is 0. The van der Waals surface area contributed by atoms with Gasteiger partial charge in [0.15, 0.2) is 0 Å². The van der Waals surface area contributed by atoms with E-state index in [1.54, 1.807) is 72.8 Å². The Morgan fingerprint density at radius 3 is 0.611 bits per heavy atom. The van der Waals surface area contributed by atoms with Crippen molar-refractivity contribution in [2.24, 2.45) is 0 Å².